The van der Waals surface area contributed by atoms with Crippen LogP contribution in [0.15, 0.2) is 66.0 Å². The zero-order chi connectivity index (χ0) is 17.2. The quantitative estimate of drug-likeness (QED) is 0.462. The minimum atomic E-state index is 0. The Labute approximate surface area is 162 Å². The average Bonchev–Trinajstić information content (AvgIpc) is 3.16. The first-order valence-electron chi connectivity index (χ1n) is 7.95. The maximum absolute atomic E-state index is 5.25. The molecule has 0 bridgehead atoms. The van der Waals surface area contributed by atoms with Gasteiger partial charge in [0, 0.05) is 18.3 Å². The lowest BCUT2D eigenvalue weighted by Crippen LogP contribution is -2.12. The van der Waals surface area contributed by atoms with Crippen LogP contribution in [-0.2, 0) is 0 Å². The van der Waals surface area contributed by atoms with E-state index >= 15 is 0 Å². The number of rotatable bonds is 4. The first-order valence-corrected chi connectivity index (χ1v) is 8.82. The molecule has 0 fully saturated rings. The second-order valence-corrected chi connectivity index (χ2v) is 6.54. The minimum Gasteiger partial charge on any atom is -0.497 e. The molecule has 0 saturated heterocycles. The van der Waals surface area contributed by atoms with E-state index in [4.69, 9.17) is 14.7 Å². The molecule has 0 aliphatic rings. The summed E-state index contributed by atoms with van der Waals surface area (Å²) >= 11 is 1.66. The number of hydrogen-bond donors (Lipinski definition) is 0. The number of hydrogen-bond acceptors (Lipinski definition) is 5. The molecule has 132 valence electrons. The Morgan fingerprint density at radius 1 is 0.923 bits per heavy atom. The highest BCUT2D eigenvalue weighted by Crippen LogP contribution is 2.34. The molecule has 0 atom stereocenters. The normalized spacial score (nSPS) is 10.4. The van der Waals surface area contributed by atoms with Crippen molar-refractivity contribution in [3.8, 4) is 17.1 Å². The third-order valence-corrected chi connectivity index (χ3v) is 4.99. The molecule has 4 rings (SSSR count). The van der Waals surface area contributed by atoms with Gasteiger partial charge >= 0.3 is 0 Å². The van der Waals surface area contributed by atoms with Crippen molar-refractivity contribution in [1.82, 2.24) is 9.97 Å². The first-order chi connectivity index (χ1) is 12.3. The topological polar surface area (TPSA) is 38.2 Å². The van der Waals surface area contributed by atoms with Crippen LogP contribution in [-0.4, -0.2) is 24.1 Å². The van der Waals surface area contributed by atoms with Crippen LogP contribution in [0.4, 0.5) is 11.5 Å². The van der Waals surface area contributed by atoms with Crippen molar-refractivity contribution in [1.29, 1.82) is 0 Å². The van der Waals surface area contributed by atoms with Gasteiger partial charge in [0.15, 0.2) is 11.6 Å². The van der Waals surface area contributed by atoms with Crippen LogP contribution in [0.5, 0.6) is 5.75 Å². The molecular weight excluding hydrogens is 366 g/mol. The highest BCUT2D eigenvalue weighted by atomic mass is 35.5. The number of aromatic nitrogens is 2. The van der Waals surface area contributed by atoms with Gasteiger partial charge in [-0.25, -0.2) is 9.97 Å². The van der Waals surface area contributed by atoms with Gasteiger partial charge in [-0.2, -0.15) is 0 Å². The lowest BCUT2D eigenvalue weighted by molar-refractivity contribution is 0.415. The number of halogens is 1. The van der Waals surface area contributed by atoms with E-state index in [2.05, 4.69) is 10.3 Å². The van der Waals surface area contributed by atoms with Crippen LogP contribution in [0.2, 0.25) is 0 Å². The summed E-state index contributed by atoms with van der Waals surface area (Å²) in [5, 5.41) is 2.06. The lowest BCUT2D eigenvalue weighted by atomic mass is 10.2. The molecule has 0 spiro atoms. The highest BCUT2D eigenvalue weighted by Gasteiger charge is 2.15. The fourth-order valence-electron chi connectivity index (χ4n) is 2.72. The van der Waals surface area contributed by atoms with E-state index in [0.29, 0.717) is 0 Å². The van der Waals surface area contributed by atoms with Gasteiger partial charge in [-0.05, 0) is 35.7 Å². The molecule has 6 heteroatoms. The van der Waals surface area contributed by atoms with Gasteiger partial charge in [0.05, 0.1) is 17.3 Å². The summed E-state index contributed by atoms with van der Waals surface area (Å²) in [5.74, 6) is 2.48. The van der Waals surface area contributed by atoms with Gasteiger partial charge in [0.1, 0.15) is 5.75 Å². The van der Waals surface area contributed by atoms with Crippen LogP contribution < -0.4 is 9.64 Å². The smallest absolute Gasteiger partial charge is 0.162 e. The molecule has 0 radical (unpaired) electrons. The molecule has 0 aliphatic carbocycles. The maximum atomic E-state index is 5.25. The number of thiophene rings is 1. The summed E-state index contributed by atoms with van der Waals surface area (Å²) in [6.07, 6.45) is 0. The molecule has 26 heavy (non-hydrogen) atoms. The van der Waals surface area contributed by atoms with E-state index in [1.807, 2.05) is 67.7 Å². The van der Waals surface area contributed by atoms with Crippen LogP contribution in [0, 0.1) is 0 Å². The van der Waals surface area contributed by atoms with E-state index < -0.39 is 0 Å². The van der Waals surface area contributed by atoms with Crippen molar-refractivity contribution >= 4 is 45.5 Å². The third kappa shape index (κ3) is 3.36. The second-order valence-electron chi connectivity index (χ2n) is 5.63. The average molecular weight is 384 g/mol. The molecule has 2 aromatic heterocycles. The number of methoxy groups -OCH3 is 1. The number of ether oxygens (including phenoxy) is 1. The van der Waals surface area contributed by atoms with Crippen LogP contribution in [0.1, 0.15) is 0 Å². The Kier molecular flexibility index (Phi) is 5.40. The number of fused-ring (bicyclic) bond motifs is 1. The minimum absolute atomic E-state index is 0. The summed E-state index contributed by atoms with van der Waals surface area (Å²) in [4.78, 5) is 11.7. The van der Waals surface area contributed by atoms with Crippen molar-refractivity contribution in [2.24, 2.45) is 0 Å². The van der Waals surface area contributed by atoms with Gasteiger partial charge in [-0.15, -0.1) is 23.7 Å². The van der Waals surface area contributed by atoms with Gasteiger partial charge < -0.3 is 9.64 Å². The summed E-state index contributed by atoms with van der Waals surface area (Å²) in [5.41, 5.74) is 3.03. The molecule has 2 heterocycles. The Hall–Kier alpha value is -2.63. The number of nitrogens with zero attached hydrogens (tertiary/aromatic N) is 3. The van der Waals surface area contributed by atoms with Crippen LogP contribution in [0.25, 0.3) is 21.6 Å². The Balaban J connectivity index is 0.00000196. The zero-order valence-corrected chi connectivity index (χ0v) is 16.1. The standard InChI is InChI=1S/C20H17N3OS.ClH/c1-23(15-8-10-16(24-2)11-9-15)20-18-17(12-13-25-18)21-19(22-20)14-6-4-3-5-7-14;/h3-13H,1-2H3;1H. The Morgan fingerprint density at radius 2 is 1.65 bits per heavy atom. The van der Waals surface area contributed by atoms with E-state index in [9.17, 15) is 0 Å². The van der Waals surface area contributed by atoms with Crippen molar-refractivity contribution in [2.45, 2.75) is 0 Å². The summed E-state index contributed by atoms with van der Waals surface area (Å²) in [6.45, 7) is 0. The Morgan fingerprint density at radius 3 is 2.35 bits per heavy atom. The predicted octanol–water partition coefficient (Wildman–Crippen LogP) is 5.56. The van der Waals surface area contributed by atoms with Gasteiger partial charge in [-0.3, -0.25) is 0 Å². The monoisotopic (exact) mass is 383 g/mol. The molecule has 0 unspecified atom stereocenters. The van der Waals surface area contributed by atoms with Crippen LogP contribution in [0.3, 0.4) is 0 Å². The van der Waals surface area contributed by atoms with E-state index in [0.717, 1.165) is 38.9 Å². The first kappa shape index (κ1) is 18.2. The molecule has 4 aromatic rings. The van der Waals surface area contributed by atoms with Crippen molar-refractivity contribution in [3.63, 3.8) is 0 Å². The molecular formula is C20H18ClN3OS. The van der Waals surface area contributed by atoms with E-state index in [1.165, 1.54) is 0 Å². The molecule has 0 aliphatic heterocycles. The SMILES string of the molecule is COc1ccc(N(C)c2nc(-c3ccccc3)nc3ccsc23)cc1.Cl. The van der Waals surface area contributed by atoms with Gasteiger partial charge in [0.25, 0.3) is 0 Å². The van der Waals surface area contributed by atoms with Crippen molar-refractivity contribution < 1.29 is 4.74 Å². The van der Waals surface area contributed by atoms with E-state index in [1.54, 1.807) is 18.4 Å². The van der Waals surface area contributed by atoms with Crippen molar-refractivity contribution in [3.05, 3.63) is 66.0 Å². The predicted molar refractivity (Wildman–Crippen MR) is 111 cm³/mol. The second kappa shape index (κ2) is 7.72. The summed E-state index contributed by atoms with van der Waals surface area (Å²) < 4.78 is 6.33. The fourth-order valence-corrected chi connectivity index (χ4v) is 3.58. The maximum Gasteiger partial charge on any atom is 0.162 e. The van der Waals surface area contributed by atoms with E-state index in [-0.39, 0.29) is 12.4 Å². The molecule has 0 amide bonds. The summed E-state index contributed by atoms with van der Waals surface area (Å²) in [7, 11) is 3.70. The molecule has 0 N–H and O–H groups in total. The number of benzene rings is 2. The largest absolute Gasteiger partial charge is 0.497 e. The Bertz CT molecular complexity index is 1000. The van der Waals surface area contributed by atoms with Gasteiger partial charge in [0.2, 0.25) is 0 Å². The third-order valence-electron chi connectivity index (χ3n) is 4.10. The molecule has 2 aromatic carbocycles. The molecule has 0 saturated carbocycles. The van der Waals surface area contributed by atoms with Crippen molar-refractivity contribution in [2.75, 3.05) is 19.1 Å². The molecule has 4 nitrogen and oxygen atoms in total. The fraction of sp³-hybridized carbons (Fsp3) is 0.100. The lowest BCUT2D eigenvalue weighted by Gasteiger charge is -2.20. The van der Waals surface area contributed by atoms with Gasteiger partial charge in [-0.1, -0.05) is 30.3 Å². The zero-order valence-electron chi connectivity index (χ0n) is 14.4. The number of anilines is 2. The highest BCUT2D eigenvalue weighted by molar-refractivity contribution is 7.17. The summed E-state index contributed by atoms with van der Waals surface area (Å²) in [6, 6.07) is 20.1. The van der Waals surface area contributed by atoms with Crippen LogP contribution >= 0.6 is 23.7 Å².